The summed E-state index contributed by atoms with van der Waals surface area (Å²) in [5.41, 5.74) is 1.12. The van der Waals surface area contributed by atoms with Crippen LogP contribution in [0.1, 0.15) is 39.1 Å². The number of nitrogens with one attached hydrogen (secondary N) is 3. The fourth-order valence-electron chi connectivity index (χ4n) is 3.40. The van der Waals surface area contributed by atoms with Crippen LogP contribution in [0.25, 0.3) is 0 Å². The summed E-state index contributed by atoms with van der Waals surface area (Å²) in [4.78, 5) is 36.7. The molecule has 1 saturated heterocycles. The van der Waals surface area contributed by atoms with Crippen molar-refractivity contribution >= 4 is 33.7 Å². The normalized spacial score (nSPS) is 16.3. The Kier molecular flexibility index (Phi) is 8.02. The maximum absolute atomic E-state index is 12.7. The summed E-state index contributed by atoms with van der Waals surface area (Å²) in [6, 6.07) is 11.0. The average molecular weight is 502 g/mol. The summed E-state index contributed by atoms with van der Waals surface area (Å²) in [5.74, 6) is -1.98. The van der Waals surface area contributed by atoms with E-state index in [2.05, 4.69) is 31.9 Å². The van der Waals surface area contributed by atoms with E-state index in [0.29, 0.717) is 16.6 Å². The van der Waals surface area contributed by atoms with Crippen LogP contribution in [0.2, 0.25) is 0 Å². The monoisotopic (exact) mass is 501 g/mol. The van der Waals surface area contributed by atoms with E-state index in [1.54, 1.807) is 30.3 Å². The first kappa shape index (κ1) is 23.5. The highest BCUT2D eigenvalue weighted by molar-refractivity contribution is 9.10. The molecule has 1 aliphatic rings. The lowest BCUT2D eigenvalue weighted by molar-refractivity contribution is -0.133. The highest BCUT2D eigenvalue weighted by atomic mass is 79.9. The third-order valence-corrected chi connectivity index (χ3v) is 5.71. The van der Waals surface area contributed by atoms with Crippen molar-refractivity contribution in [3.63, 3.8) is 0 Å². The van der Waals surface area contributed by atoms with Gasteiger partial charge in [0.15, 0.2) is 0 Å². The first-order valence-electron chi connectivity index (χ1n) is 10.2. The summed E-state index contributed by atoms with van der Waals surface area (Å²) in [6.45, 7) is 1.80. The molecule has 0 saturated carbocycles. The number of carboxylic acids is 1. The minimum absolute atomic E-state index is 0.0381. The van der Waals surface area contributed by atoms with Crippen molar-refractivity contribution in [1.29, 1.82) is 0 Å². The van der Waals surface area contributed by atoms with Gasteiger partial charge < -0.3 is 26.2 Å². The minimum Gasteiger partial charge on any atom is -0.508 e. The van der Waals surface area contributed by atoms with Crippen LogP contribution in [0.4, 0.5) is 0 Å². The van der Waals surface area contributed by atoms with Crippen molar-refractivity contribution in [1.82, 2.24) is 16.0 Å². The molecule has 3 rings (SSSR count). The zero-order valence-corrected chi connectivity index (χ0v) is 18.8. The Hall–Kier alpha value is -3.17. The molecule has 1 unspecified atom stereocenters. The number of rotatable bonds is 7. The second-order valence-corrected chi connectivity index (χ2v) is 8.35. The van der Waals surface area contributed by atoms with Gasteiger partial charge in [0, 0.05) is 23.1 Å². The molecule has 0 radical (unpaired) electrons. The van der Waals surface area contributed by atoms with E-state index in [-0.39, 0.29) is 35.4 Å². The Morgan fingerprint density at radius 1 is 1.16 bits per heavy atom. The molecule has 1 fully saturated rings. The standard InChI is InChI=1S/C23H24BrN3O5/c24-19-11-16(21(29)26-13-14-3-1-5-17(28)9-14)6-7-18(19)22(30)27-20(23(31)32)10-15-4-2-8-25-12-15/h1,3,5-7,9-11,15,25,28H,2,4,8,12-13H2,(H,26,29)(H,27,30)(H,31,32)/b20-10-. The number of amides is 2. The minimum atomic E-state index is -1.21. The Bertz CT molecular complexity index is 1050. The molecule has 0 aromatic heterocycles. The van der Waals surface area contributed by atoms with Crippen LogP contribution in [0.15, 0.2) is 58.7 Å². The van der Waals surface area contributed by atoms with Gasteiger partial charge in [0.1, 0.15) is 11.4 Å². The number of aromatic hydroxyl groups is 1. The Labute approximate surface area is 193 Å². The van der Waals surface area contributed by atoms with E-state index in [4.69, 9.17) is 0 Å². The maximum atomic E-state index is 12.7. The number of benzene rings is 2. The molecule has 32 heavy (non-hydrogen) atoms. The van der Waals surface area contributed by atoms with Gasteiger partial charge in [-0.2, -0.15) is 0 Å². The Morgan fingerprint density at radius 2 is 1.97 bits per heavy atom. The molecule has 1 atom stereocenters. The molecule has 2 aromatic rings. The summed E-state index contributed by atoms with van der Waals surface area (Å²) >= 11 is 3.30. The fourth-order valence-corrected chi connectivity index (χ4v) is 3.96. The zero-order valence-electron chi connectivity index (χ0n) is 17.2. The van der Waals surface area contributed by atoms with Crippen LogP contribution < -0.4 is 16.0 Å². The van der Waals surface area contributed by atoms with Gasteiger partial charge >= 0.3 is 5.97 Å². The smallest absolute Gasteiger partial charge is 0.352 e. The molecule has 0 spiro atoms. The Balaban J connectivity index is 1.66. The highest BCUT2D eigenvalue weighted by Crippen LogP contribution is 2.20. The second-order valence-electron chi connectivity index (χ2n) is 7.49. The maximum Gasteiger partial charge on any atom is 0.352 e. The molecule has 8 nitrogen and oxygen atoms in total. The topological polar surface area (TPSA) is 128 Å². The van der Waals surface area contributed by atoms with Gasteiger partial charge in [-0.05, 0) is 83.2 Å². The number of aliphatic carboxylic acids is 1. The fraction of sp³-hybridized carbons (Fsp3) is 0.261. The summed E-state index contributed by atoms with van der Waals surface area (Å²) in [5, 5.41) is 27.4. The van der Waals surface area contributed by atoms with Crippen LogP contribution in [0.3, 0.4) is 0 Å². The molecule has 5 N–H and O–H groups in total. The van der Waals surface area contributed by atoms with Crippen molar-refractivity contribution in [2.75, 3.05) is 13.1 Å². The van der Waals surface area contributed by atoms with Gasteiger partial charge in [-0.25, -0.2) is 4.79 Å². The number of phenolic OH excluding ortho intramolecular Hbond substituents is 1. The van der Waals surface area contributed by atoms with Crippen LogP contribution in [0, 0.1) is 5.92 Å². The molecule has 1 aliphatic heterocycles. The van der Waals surface area contributed by atoms with Crippen LogP contribution in [0.5, 0.6) is 5.75 Å². The predicted octanol–water partition coefficient (Wildman–Crippen LogP) is 2.78. The van der Waals surface area contributed by atoms with Crippen molar-refractivity contribution < 1.29 is 24.6 Å². The van der Waals surface area contributed by atoms with E-state index in [1.165, 1.54) is 18.2 Å². The molecule has 1 heterocycles. The lowest BCUT2D eigenvalue weighted by Crippen LogP contribution is -2.32. The zero-order chi connectivity index (χ0) is 23.1. The van der Waals surface area contributed by atoms with Gasteiger partial charge in [-0.3, -0.25) is 9.59 Å². The average Bonchev–Trinajstić information content (AvgIpc) is 2.77. The van der Waals surface area contributed by atoms with Gasteiger partial charge in [-0.15, -0.1) is 0 Å². The van der Waals surface area contributed by atoms with Crippen LogP contribution in [-0.2, 0) is 11.3 Å². The van der Waals surface area contributed by atoms with E-state index in [0.717, 1.165) is 24.9 Å². The number of piperidine rings is 1. The van der Waals surface area contributed by atoms with E-state index < -0.39 is 11.9 Å². The number of carbonyl (C=O) groups is 3. The number of carbonyl (C=O) groups excluding carboxylic acids is 2. The number of halogens is 1. The number of carboxylic acid groups (broad SMARTS) is 1. The summed E-state index contributed by atoms with van der Waals surface area (Å²) in [6.07, 6.45) is 3.38. The molecule has 168 valence electrons. The predicted molar refractivity (Wildman–Crippen MR) is 122 cm³/mol. The quantitative estimate of drug-likeness (QED) is 0.371. The lowest BCUT2D eigenvalue weighted by Gasteiger charge is -2.20. The van der Waals surface area contributed by atoms with Gasteiger partial charge in [0.2, 0.25) is 0 Å². The van der Waals surface area contributed by atoms with Gasteiger partial charge in [-0.1, -0.05) is 12.1 Å². The molecular weight excluding hydrogens is 478 g/mol. The largest absolute Gasteiger partial charge is 0.508 e. The van der Waals surface area contributed by atoms with E-state index >= 15 is 0 Å². The third-order valence-electron chi connectivity index (χ3n) is 5.06. The van der Waals surface area contributed by atoms with Gasteiger partial charge in [0.05, 0.1) is 5.56 Å². The molecule has 9 heteroatoms. The van der Waals surface area contributed by atoms with Crippen LogP contribution in [-0.4, -0.2) is 41.1 Å². The second kappa shape index (κ2) is 10.9. The number of hydrogen-bond donors (Lipinski definition) is 5. The van der Waals surface area contributed by atoms with Crippen LogP contribution >= 0.6 is 15.9 Å². The molecule has 0 bridgehead atoms. The lowest BCUT2D eigenvalue weighted by atomic mass is 9.98. The molecule has 2 aromatic carbocycles. The molecular formula is C23H24BrN3O5. The van der Waals surface area contributed by atoms with E-state index in [9.17, 15) is 24.6 Å². The van der Waals surface area contributed by atoms with Crippen molar-refractivity contribution in [2.24, 2.45) is 5.92 Å². The third kappa shape index (κ3) is 6.41. The first-order chi connectivity index (χ1) is 15.3. The summed E-state index contributed by atoms with van der Waals surface area (Å²) in [7, 11) is 0. The van der Waals surface area contributed by atoms with E-state index in [1.807, 2.05) is 0 Å². The SMILES string of the molecule is O=C(O)/C(=C/C1CCCNC1)NC(=O)c1ccc(C(=O)NCc2cccc(O)c2)cc1Br. The van der Waals surface area contributed by atoms with Crippen molar-refractivity contribution in [3.8, 4) is 5.75 Å². The first-order valence-corrected chi connectivity index (χ1v) is 11.0. The Morgan fingerprint density at radius 3 is 2.62 bits per heavy atom. The number of phenols is 1. The molecule has 2 amide bonds. The summed E-state index contributed by atoms with van der Waals surface area (Å²) < 4.78 is 0.365. The van der Waals surface area contributed by atoms with Crippen molar-refractivity contribution in [3.05, 3.63) is 75.4 Å². The van der Waals surface area contributed by atoms with Gasteiger partial charge in [0.25, 0.3) is 11.8 Å². The molecule has 0 aliphatic carbocycles. The van der Waals surface area contributed by atoms with Crippen molar-refractivity contribution in [2.45, 2.75) is 19.4 Å². The highest BCUT2D eigenvalue weighted by Gasteiger charge is 2.19. The number of hydrogen-bond acceptors (Lipinski definition) is 5.